The van der Waals surface area contributed by atoms with Gasteiger partial charge in [0.1, 0.15) is 0 Å². The van der Waals surface area contributed by atoms with E-state index in [1.807, 2.05) is 13.1 Å². The lowest BCUT2D eigenvalue weighted by Gasteiger charge is -2.31. The molecule has 0 bridgehead atoms. The number of piperidine rings is 1. The Morgan fingerprint density at radius 2 is 2.29 bits per heavy atom. The van der Waals surface area contributed by atoms with Gasteiger partial charge in [-0.15, -0.1) is 0 Å². The highest BCUT2D eigenvalue weighted by Crippen LogP contribution is 2.18. The number of aromatic amines is 1. The molecular formula is C12H22N4O. The number of nitrogens with two attached hydrogens (primary N) is 1. The van der Waals surface area contributed by atoms with Crippen molar-refractivity contribution < 1.29 is 4.74 Å². The van der Waals surface area contributed by atoms with Gasteiger partial charge < -0.3 is 20.4 Å². The molecule has 5 heteroatoms. The lowest BCUT2D eigenvalue weighted by Crippen LogP contribution is -2.37. The van der Waals surface area contributed by atoms with Crippen LogP contribution < -0.4 is 10.6 Å². The maximum absolute atomic E-state index is 5.78. The minimum absolute atomic E-state index is 0.397. The van der Waals surface area contributed by atoms with Crippen LogP contribution in [0.25, 0.3) is 0 Å². The number of hydrogen-bond acceptors (Lipinski definition) is 4. The molecule has 1 fully saturated rings. The van der Waals surface area contributed by atoms with E-state index in [2.05, 4.69) is 14.9 Å². The molecule has 17 heavy (non-hydrogen) atoms. The van der Waals surface area contributed by atoms with Crippen molar-refractivity contribution in [3.05, 3.63) is 11.9 Å². The number of nitrogens with one attached hydrogen (secondary N) is 1. The van der Waals surface area contributed by atoms with Crippen LogP contribution in [0.3, 0.4) is 0 Å². The molecule has 1 saturated heterocycles. The highest BCUT2D eigenvalue weighted by molar-refractivity contribution is 5.31. The van der Waals surface area contributed by atoms with E-state index in [1.165, 1.54) is 0 Å². The number of aromatic nitrogens is 2. The SMILES string of the molecule is Cc1cnc(N2CCC(OCCCN)CC2)[nH]1. The van der Waals surface area contributed by atoms with E-state index >= 15 is 0 Å². The minimum atomic E-state index is 0.397. The zero-order valence-corrected chi connectivity index (χ0v) is 10.5. The van der Waals surface area contributed by atoms with Crippen molar-refractivity contribution in [3.63, 3.8) is 0 Å². The summed E-state index contributed by atoms with van der Waals surface area (Å²) in [5, 5.41) is 0. The summed E-state index contributed by atoms with van der Waals surface area (Å²) in [6.07, 6.45) is 5.37. The number of nitrogens with zero attached hydrogens (tertiary/aromatic N) is 2. The van der Waals surface area contributed by atoms with E-state index in [-0.39, 0.29) is 0 Å². The van der Waals surface area contributed by atoms with E-state index in [4.69, 9.17) is 10.5 Å². The summed E-state index contributed by atoms with van der Waals surface area (Å²) in [5.74, 6) is 0.989. The third-order valence-electron chi connectivity index (χ3n) is 3.13. The first-order valence-corrected chi connectivity index (χ1v) is 6.38. The molecule has 2 rings (SSSR count). The second-order valence-corrected chi connectivity index (χ2v) is 4.59. The number of aryl methyl sites for hydroxylation is 1. The quantitative estimate of drug-likeness (QED) is 0.753. The zero-order chi connectivity index (χ0) is 12.1. The van der Waals surface area contributed by atoms with Gasteiger partial charge in [0.05, 0.1) is 6.10 Å². The first-order valence-electron chi connectivity index (χ1n) is 6.38. The second-order valence-electron chi connectivity index (χ2n) is 4.59. The molecule has 5 nitrogen and oxygen atoms in total. The maximum atomic E-state index is 5.78. The van der Waals surface area contributed by atoms with E-state index in [0.29, 0.717) is 12.6 Å². The van der Waals surface area contributed by atoms with Crippen LogP contribution in [0.5, 0.6) is 0 Å². The summed E-state index contributed by atoms with van der Waals surface area (Å²) < 4.78 is 5.78. The fourth-order valence-corrected chi connectivity index (χ4v) is 2.13. The van der Waals surface area contributed by atoms with Crippen molar-refractivity contribution in [1.82, 2.24) is 9.97 Å². The predicted molar refractivity (Wildman–Crippen MR) is 68.2 cm³/mol. The number of H-pyrrole nitrogens is 1. The molecule has 0 aliphatic carbocycles. The van der Waals surface area contributed by atoms with Crippen LogP contribution in [0.4, 0.5) is 5.95 Å². The monoisotopic (exact) mass is 238 g/mol. The fraction of sp³-hybridized carbons (Fsp3) is 0.750. The van der Waals surface area contributed by atoms with Crippen LogP contribution in [-0.4, -0.2) is 42.3 Å². The molecule has 1 aliphatic heterocycles. The average molecular weight is 238 g/mol. The second kappa shape index (κ2) is 6.02. The Morgan fingerprint density at radius 1 is 1.53 bits per heavy atom. The first-order chi connectivity index (χ1) is 8.29. The Bertz CT molecular complexity index is 331. The molecule has 1 aromatic heterocycles. The van der Waals surface area contributed by atoms with Crippen molar-refractivity contribution in [2.24, 2.45) is 5.73 Å². The molecule has 1 aliphatic rings. The number of hydrogen-bond donors (Lipinski definition) is 2. The summed E-state index contributed by atoms with van der Waals surface area (Å²) in [7, 11) is 0. The van der Waals surface area contributed by atoms with E-state index in [1.54, 1.807) is 0 Å². The topological polar surface area (TPSA) is 67.2 Å². The molecule has 96 valence electrons. The van der Waals surface area contributed by atoms with Gasteiger partial charge in [0, 0.05) is 31.6 Å². The lowest BCUT2D eigenvalue weighted by atomic mass is 10.1. The molecule has 0 saturated carbocycles. The normalized spacial score (nSPS) is 17.6. The summed E-state index contributed by atoms with van der Waals surface area (Å²) in [6, 6.07) is 0. The Morgan fingerprint density at radius 3 is 2.88 bits per heavy atom. The largest absolute Gasteiger partial charge is 0.378 e. The third-order valence-corrected chi connectivity index (χ3v) is 3.13. The van der Waals surface area contributed by atoms with Crippen molar-refractivity contribution in [3.8, 4) is 0 Å². The fourth-order valence-electron chi connectivity index (χ4n) is 2.13. The van der Waals surface area contributed by atoms with Gasteiger partial charge in [-0.25, -0.2) is 4.98 Å². The molecule has 0 spiro atoms. The highest BCUT2D eigenvalue weighted by Gasteiger charge is 2.20. The first kappa shape index (κ1) is 12.4. The Balaban J connectivity index is 1.74. The number of ether oxygens (including phenoxy) is 1. The molecule has 1 aromatic rings. The molecular weight excluding hydrogens is 216 g/mol. The highest BCUT2D eigenvalue weighted by atomic mass is 16.5. The maximum Gasteiger partial charge on any atom is 0.202 e. The van der Waals surface area contributed by atoms with E-state index < -0.39 is 0 Å². The molecule has 0 amide bonds. The lowest BCUT2D eigenvalue weighted by molar-refractivity contribution is 0.0365. The van der Waals surface area contributed by atoms with Crippen LogP contribution in [0, 0.1) is 6.92 Å². The van der Waals surface area contributed by atoms with Crippen LogP contribution >= 0.6 is 0 Å². The Kier molecular flexibility index (Phi) is 4.39. The smallest absolute Gasteiger partial charge is 0.202 e. The van der Waals surface area contributed by atoms with Gasteiger partial charge in [-0.05, 0) is 32.7 Å². The predicted octanol–water partition coefficient (Wildman–Crippen LogP) is 1.05. The van der Waals surface area contributed by atoms with Gasteiger partial charge in [-0.1, -0.05) is 0 Å². The van der Waals surface area contributed by atoms with Crippen LogP contribution in [0.2, 0.25) is 0 Å². The molecule has 3 N–H and O–H groups in total. The summed E-state index contributed by atoms with van der Waals surface area (Å²) in [4.78, 5) is 9.91. The van der Waals surface area contributed by atoms with Crippen LogP contribution in [0.15, 0.2) is 6.20 Å². The van der Waals surface area contributed by atoms with Crippen molar-refractivity contribution >= 4 is 5.95 Å². The molecule has 0 unspecified atom stereocenters. The summed E-state index contributed by atoms with van der Waals surface area (Å²) >= 11 is 0. The van der Waals surface area contributed by atoms with Crippen molar-refractivity contribution in [2.45, 2.75) is 32.3 Å². The summed E-state index contributed by atoms with van der Waals surface area (Å²) in [6.45, 7) is 5.56. The van der Waals surface area contributed by atoms with Gasteiger partial charge in [0.2, 0.25) is 5.95 Å². The van der Waals surface area contributed by atoms with E-state index in [9.17, 15) is 0 Å². The molecule has 0 aromatic carbocycles. The number of anilines is 1. The number of imidazole rings is 1. The average Bonchev–Trinajstić information content (AvgIpc) is 2.77. The van der Waals surface area contributed by atoms with E-state index in [0.717, 1.165) is 50.6 Å². The van der Waals surface area contributed by atoms with Gasteiger partial charge in [0.25, 0.3) is 0 Å². The van der Waals surface area contributed by atoms with Crippen molar-refractivity contribution in [2.75, 3.05) is 31.1 Å². The summed E-state index contributed by atoms with van der Waals surface area (Å²) in [5.41, 5.74) is 6.56. The van der Waals surface area contributed by atoms with Crippen LogP contribution in [-0.2, 0) is 4.74 Å². The van der Waals surface area contributed by atoms with Gasteiger partial charge in [0.15, 0.2) is 0 Å². The Hall–Kier alpha value is -1.07. The van der Waals surface area contributed by atoms with Gasteiger partial charge >= 0.3 is 0 Å². The standard InChI is InChI=1S/C12H22N4O/c1-10-9-14-12(15-10)16-6-3-11(4-7-16)17-8-2-5-13/h9,11H,2-8,13H2,1H3,(H,14,15). The Labute approximate surface area is 102 Å². The third kappa shape index (κ3) is 3.44. The molecule has 0 atom stereocenters. The number of rotatable bonds is 5. The molecule has 2 heterocycles. The van der Waals surface area contributed by atoms with Gasteiger partial charge in [-0.2, -0.15) is 0 Å². The van der Waals surface area contributed by atoms with Crippen molar-refractivity contribution in [1.29, 1.82) is 0 Å². The zero-order valence-electron chi connectivity index (χ0n) is 10.5. The van der Waals surface area contributed by atoms with Crippen LogP contribution in [0.1, 0.15) is 25.0 Å². The molecule has 0 radical (unpaired) electrons. The minimum Gasteiger partial charge on any atom is -0.378 e. The van der Waals surface area contributed by atoms with Gasteiger partial charge in [-0.3, -0.25) is 0 Å².